The van der Waals surface area contributed by atoms with Crippen molar-refractivity contribution in [3.8, 4) is 21.7 Å². The number of rotatable bonds is 15. The summed E-state index contributed by atoms with van der Waals surface area (Å²) in [7, 11) is 0. The molecule has 3 aromatic heterocycles. The van der Waals surface area contributed by atoms with E-state index in [2.05, 4.69) is 46.5 Å². The minimum atomic E-state index is -1.03. The second kappa shape index (κ2) is 20.6. The minimum Gasteiger partial charge on any atom is -0.391 e. The standard InChI is InChI=1S/C52H54N10O6S/c1-30(32-13-15-33(16-14-32)46-31(2)57-29-69-46)58-50(67)43-24-38(63)27-62(43)51(68)47(52(3,4)5)61-45(64)21-22-53-48(65)34-17-19-35(20-18-34)49(66)60-37-10-8-9-36(23-37)59-44-25-42(55-28-56-44)40-26-54-41-12-7-6-11-39(40)41/h6-20,23,25-26,28-30,38,43,47,54,63H,21-22,24,27H2,1-5H3,(H,53,65)(H,58,67)(H,60,66)(H,61,64)(H,55,56,59). The summed E-state index contributed by atoms with van der Waals surface area (Å²) >= 11 is 1.56. The number of benzene rings is 4. The molecule has 0 radical (unpaired) electrons. The van der Waals surface area contributed by atoms with Crippen LogP contribution in [0.2, 0.25) is 0 Å². The number of hydrogen-bond acceptors (Lipinski definition) is 11. The molecule has 1 aliphatic heterocycles. The van der Waals surface area contributed by atoms with E-state index in [-0.39, 0.29) is 43.4 Å². The van der Waals surface area contributed by atoms with Gasteiger partial charge in [-0.15, -0.1) is 11.3 Å². The SMILES string of the molecule is Cc1ncsc1-c1ccc(C(C)NC(=O)C2CC(O)CN2C(=O)C(NC(=O)CCNC(=O)c2ccc(C(=O)Nc3cccc(Nc4cc(-c5c[nH]c6ccccc56)ncn4)c3)cc2)C(C)(C)C)cc1. The van der Waals surface area contributed by atoms with E-state index in [0.717, 1.165) is 43.9 Å². The first-order chi connectivity index (χ1) is 33.1. The molecule has 69 heavy (non-hydrogen) atoms. The molecule has 0 saturated carbocycles. The van der Waals surface area contributed by atoms with Gasteiger partial charge in [0.05, 0.1) is 33.9 Å². The summed E-state index contributed by atoms with van der Waals surface area (Å²) in [5.41, 5.74) is 8.47. The van der Waals surface area contributed by atoms with Gasteiger partial charge in [0.1, 0.15) is 24.2 Å². The van der Waals surface area contributed by atoms with E-state index in [0.29, 0.717) is 22.8 Å². The zero-order chi connectivity index (χ0) is 48.8. The predicted molar refractivity (Wildman–Crippen MR) is 267 cm³/mol. The smallest absolute Gasteiger partial charge is 0.255 e. The predicted octanol–water partition coefficient (Wildman–Crippen LogP) is 7.54. The first-order valence-electron chi connectivity index (χ1n) is 22.6. The fraction of sp³-hybridized carbons (Fsp3) is 0.269. The highest BCUT2D eigenvalue weighted by atomic mass is 32.1. The zero-order valence-corrected chi connectivity index (χ0v) is 39.7. The first kappa shape index (κ1) is 47.7. The lowest BCUT2D eigenvalue weighted by molar-refractivity contribution is -0.144. The van der Waals surface area contributed by atoms with Gasteiger partial charge in [-0.25, -0.2) is 15.0 Å². The summed E-state index contributed by atoms with van der Waals surface area (Å²) in [6.45, 7) is 9.15. The highest BCUT2D eigenvalue weighted by molar-refractivity contribution is 7.13. The molecule has 7 aromatic rings. The van der Waals surface area contributed by atoms with Gasteiger partial charge >= 0.3 is 0 Å². The second-order valence-corrected chi connectivity index (χ2v) is 19.0. The molecule has 17 heteroatoms. The normalized spacial score (nSPS) is 15.5. The van der Waals surface area contributed by atoms with Gasteiger partial charge in [-0.1, -0.05) is 69.3 Å². The van der Waals surface area contributed by atoms with Gasteiger partial charge in [0, 0.05) is 77.2 Å². The van der Waals surface area contributed by atoms with Gasteiger partial charge in [0.15, 0.2) is 0 Å². The molecule has 4 aromatic carbocycles. The average molecular weight is 947 g/mol. The Morgan fingerprint density at radius 2 is 1.58 bits per heavy atom. The summed E-state index contributed by atoms with van der Waals surface area (Å²) < 4.78 is 0. The summed E-state index contributed by atoms with van der Waals surface area (Å²) in [5, 5.41) is 26.4. The Kier molecular flexibility index (Phi) is 14.3. The van der Waals surface area contributed by atoms with Crippen LogP contribution in [-0.4, -0.2) is 90.8 Å². The molecule has 1 aliphatic rings. The third-order valence-corrected chi connectivity index (χ3v) is 13.0. The number of likely N-dealkylation sites (tertiary alicyclic amines) is 1. The number of anilines is 3. The van der Waals surface area contributed by atoms with Crippen molar-refractivity contribution in [2.75, 3.05) is 23.7 Å². The zero-order valence-electron chi connectivity index (χ0n) is 38.9. The average Bonchev–Trinajstić information content (AvgIpc) is 4.08. The highest BCUT2D eigenvalue weighted by Gasteiger charge is 2.44. The van der Waals surface area contributed by atoms with Gasteiger partial charge in [-0.2, -0.15) is 0 Å². The summed E-state index contributed by atoms with van der Waals surface area (Å²) in [5.74, 6) is -1.62. The number of nitrogens with one attached hydrogen (secondary N) is 6. The van der Waals surface area contributed by atoms with Crippen LogP contribution in [0.25, 0.3) is 32.6 Å². The highest BCUT2D eigenvalue weighted by Crippen LogP contribution is 2.31. The van der Waals surface area contributed by atoms with Gasteiger partial charge in [-0.3, -0.25) is 24.0 Å². The molecule has 8 rings (SSSR count). The van der Waals surface area contributed by atoms with Crippen molar-refractivity contribution in [2.45, 2.75) is 71.7 Å². The molecule has 4 atom stereocenters. The molecule has 5 amide bonds. The molecular weight excluding hydrogens is 893 g/mol. The number of carbonyl (C=O) groups excluding carboxylic acids is 5. The van der Waals surface area contributed by atoms with Crippen molar-refractivity contribution in [1.29, 1.82) is 0 Å². The van der Waals surface area contributed by atoms with E-state index in [1.54, 1.807) is 55.8 Å². The number of aromatic amines is 1. The molecule has 16 nitrogen and oxygen atoms in total. The molecule has 354 valence electrons. The van der Waals surface area contributed by atoms with E-state index >= 15 is 0 Å². The summed E-state index contributed by atoms with van der Waals surface area (Å²) in [4.78, 5) is 86.3. The van der Waals surface area contributed by atoms with Crippen molar-refractivity contribution in [3.63, 3.8) is 0 Å². The third-order valence-electron chi connectivity index (χ3n) is 12.0. The molecule has 7 N–H and O–H groups in total. The molecule has 4 unspecified atom stereocenters. The van der Waals surface area contributed by atoms with Crippen LogP contribution in [0.15, 0.2) is 121 Å². The van der Waals surface area contributed by atoms with Gasteiger partial charge in [-0.05, 0) is 78.9 Å². The number of thiazole rings is 1. The fourth-order valence-corrected chi connectivity index (χ4v) is 9.11. The van der Waals surface area contributed by atoms with Crippen LogP contribution in [0, 0.1) is 12.3 Å². The first-order valence-corrected chi connectivity index (χ1v) is 23.5. The van der Waals surface area contributed by atoms with Crippen LogP contribution in [0.4, 0.5) is 17.2 Å². The van der Waals surface area contributed by atoms with Crippen molar-refractivity contribution >= 4 is 69.0 Å². The monoisotopic (exact) mass is 946 g/mol. The topological polar surface area (TPSA) is 223 Å². The van der Waals surface area contributed by atoms with Crippen molar-refractivity contribution in [1.82, 2.24) is 40.8 Å². The Labute approximate surface area is 403 Å². The van der Waals surface area contributed by atoms with Crippen LogP contribution in [-0.2, 0) is 14.4 Å². The Morgan fingerprint density at radius 1 is 0.855 bits per heavy atom. The van der Waals surface area contributed by atoms with E-state index in [4.69, 9.17) is 0 Å². The van der Waals surface area contributed by atoms with Crippen LogP contribution >= 0.6 is 11.3 Å². The number of amides is 5. The van der Waals surface area contributed by atoms with Crippen LogP contribution in [0.1, 0.15) is 78.6 Å². The summed E-state index contributed by atoms with van der Waals surface area (Å²) in [6, 6.07) is 28.7. The second-order valence-electron chi connectivity index (χ2n) is 18.2. The van der Waals surface area contributed by atoms with E-state index in [9.17, 15) is 29.1 Å². The molecule has 4 heterocycles. The number of β-amino-alcohol motifs (C(OH)–C–C–N with tert-alkyl or cyclic N) is 1. The van der Waals surface area contributed by atoms with E-state index in [1.807, 2.05) is 80.7 Å². The quantitative estimate of drug-likeness (QED) is 0.0535. The van der Waals surface area contributed by atoms with Crippen molar-refractivity contribution < 1.29 is 29.1 Å². The molecule has 0 spiro atoms. The maximum absolute atomic E-state index is 14.1. The molecule has 1 fully saturated rings. The Balaban J connectivity index is 0.809. The molecule has 0 bridgehead atoms. The maximum atomic E-state index is 14.1. The largest absolute Gasteiger partial charge is 0.391 e. The number of hydrogen-bond donors (Lipinski definition) is 7. The van der Waals surface area contributed by atoms with Gasteiger partial charge < -0.3 is 41.6 Å². The van der Waals surface area contributed by atoms with E-state index in [1.165, 1.54) is 35.5 Å². The molecular formula is C52H54N10O6S. The Bertz CT molecular complexity index is 3000. The number of aryl methyl sites for hydroxylation is 1. The van der Waals surface area contributed by atoms with Gasteiger partial charge in [0.2, 0.25) is 17.7 Å². The summed E-state index contributed by atoms with van der Waals surface area (Å²) in [6.07, 6.45) is 2.42. The fourth-order valence-electron chi connectivity index (χ4n) is 8.30. The number of carbonyl (C=O) groups is 5. The van der Waals surface area contributed by atoms with Crippen molar-refractivity contribution in [3.05, 3.63) is 144 Å². The lowest BCUT2D eigenvalue weighted by Gasteiger charge is -2.35. The van der Waals surface area contributed by atoms with Gasteiger partial charge in [0.25, 0.3) is 11.8 Å². The number of H-pyrrole nitrogens is 1. The number of fused-ring (bicyclic) bond motifs is 1. The van der Waals surface area contributed by atoms with Crippen LogP contribution < -0.4 is 26.6 Å². The van der Waals surface area contributed by atoms with Crippen LogP contribution in [0.3, 0.4) is 0 Å². The minimum absolute atomic E-state index is 0.0299. The molecule has 0 aliphatic carbocycles. The molecule has 1 saturated heterocycles. The number of aromatic nitrogens is 4. The third kappa shape index (κ3) is 11.3. The maximum Gasteiger partial charge on any atom is 0.255 e. The van der Waals surface area contributed by atoms with Crippen LogP contribution in [0.5, 0.6) is 0 Å². The number of para-hydroxylation sites is 1. The Morgan fingerprint density at radius 3 is 2.30 bits per heavy atom. The number of nitrogens with zero attached hydrogens (tertiary/aromatic N) is 4. The number of aliphatic hydroxyl groups excluding tert-OH is 1. The lowest BCUT2D eigenvalue weighted by Crippen LogP contribution is -2.58. The lowest BCUT2D eigenvalue weighted by atomic mass is 9.85. The van der Waals surface area contributed by atoms with E-state index < -0.39 is 47.2 Å². The Hall–Kier alpha value is -7.76. The van der Waals surface area contributed by atoms with Crippen molar-refractivity contribution in [2.24, 2.45) is 5.41 Å². The number of aliphatic hydroxyl groups is 1.